The fourth-order valence-corrected chi connectivity index (χ4v) is 6.44. The largest absolute Gasteiger partial charge is 0.333 e. The summed E-state index contributed by atoms with van der Waals surface area (Å²) in [5.74, 6) is 0.498. The molecular formula is C20H23N3O3S2. The van der Waals surface area contributed by atoms with E-state index in [4.69, 9.17) is 0 Å². The Labute approximate surface area is 172 Å². The lowest BCUT2D eigenvalue weighted by molar-refractivity contribution is -0.387. The molecule has 0 N–H and O–H groups in total. The van der Waals surface area contributed by atoms with Gasteiger partial charge >= 0.3 is 0 Å². The molecule has 0 radical (unpaired) electrons. The molecule has 1 saturated heterocycles. The second-order valence-electron chi connectivity index (χ2n) is 7.71. The number of carbonyl (C=O) groups is 1. The molecule has 1 aliphatic heterocycles. The molecular weight excluding hydrogens is 394 g/mol. The second-order valence-corrected chi connectivity index (χ2v) is 9.85. The molecule has 4 rings (SSSR count). The van der Waals surface area contributed by atoms with Gasteiger partial charge in [-0.1, -0.05) is 24.6 Å². The minimum absolute atomic E-state index is 0.0317. The Morgan fingerprint density at radius 2 is 2.14 bits per heavy atom. The van der Waals surface area contributed by atoms with Crippen LogP contribution in [-0.2, 0) is 0 Å². The number of nitro benzene ring substituents is 1. The van der Waals surface area contributed by atoms with E-state index in [0.29, 0.717) is 16.4 Å². The number of benzene rings is 1. The molecule has 0 spiro atoms. The van der Waals surface area contributed by atoms with Gasteiger partial charge in [0.1, 0.15) is 0 Å². The van der Waals surface area contributed by atoms with Crippen LogP contribution in [0.5, 0.6) is 0 Å². The molecule has 0 bridgehead atoms. The maximum atomic E-state index is 13.2. The number of fused-ring (bicyclic) bond motifs is 1. The molecule has 1 amide bonds. The molecule has 2 fully saturated rings. The fourth-order valence-electron chi connectivity index (χ4n) is 4.56. The third-order valence-electron chi connectivity index (χ3n) is 5.78. The van der Waals surface area contributed by atoms with Crippen LogP contribution in [0.4, 0.5) is 5.69 Å². The summed E-state index contributed by atoms with van der Waals surface area (Å²) >= 11 is 2.74. The number of aromatic nitrogens is 1. The minimum atomic E-state index is -0.406. The van der Waals surface area contributed by atoms with E-state index in [0.717, 1.165) is 29.3 Å². The van der Waals surface area contributed by atoms with E-state index < -0.39 is 4.92 Å². The van der Waals surface area contributed by atoms with Crippen molar-refractivity contribution in [2.75, 3.05) is 0 Å². The Morgan fingerprint density at radius 1 is 1.36 bits per heavy atom. The standard InChI is InChI=1S/C20H23N3O3S2/c1-12-11-27-20(21-12)28-18-8-7-15(10-17(18)23(25)26)19(24)22-13(2)9-14-5-3-4-6-16(14)22/h7-8,10-11,13-14,16H,3-6,9H2,1-2H3. The summed E-state index contributed by atoms with van der Waals surface area (Å²) in [7, 11) is 0. The van der Waals surface area contributed by atoms with Crippen molar-refractivity contribution in [3.8, 4) is 0 Å². The Morgan fingerprint density at radius 3 is 2.86 bits per heavy atom. The van der Waals surface area contributed by atoms with E-state index in [9.17, 15) is 14.9 Å². The van der Waals surface area contributed by atoms with Crippen molar-refractivity contribution in [1.82, 2.24) is 9.88 Å². The highest BCUT2D eigenvalue weighted by Crippen LogP contribution is 2.41. The fraction of sp³-hybridized carbons (Fsp3) is 0.500. The van der Waals surface area contributed by atoms with E-state index in [1.807, 2.05) is 17.2 Å². The van der Waals surface area contributed by atoms with Gasteiger partial charge < -0.3 is 4.90 Å². The van der Waals surface area contributed by atoms with Crippen LogP contribution in [0.2, 0.25) is 0 Å². The summed E-state index contributed by atoms with van der Waals surface area (Å²) in [4.78, 5) is 31.4. The number of amides is 1. The van der Waals surface area contributed by atoms with Gasteiger partial charge in [0.25, 0.3) is 11.6 Å². The first kappa shape index (κ1) is 19.4. The lowest BCUT2D eigenvalue weighted by Gasteiger charge is -2.33. The van der Waals surface area contributed by atoms with Crippen LogP contribution in [0.25, 0.3) is 0 Å². The van der Waals surface area contributed by atoms with E-state index in [2.05, 4.69) is 11.9 Å². The zero-order chi connectivity index (χ0) is 19.8. The van der Waals surface area contributed by atoms with Crippen molar-refractivity contribution in [1.29, 1.82) is 0 Å². The van der Waals surface area contributed by atoms with E-state index >= 15 is 0 Å². The lowest BCUT2D eigenvalue weighted by Crippen LogP contribution is -2.42. The van der Waals surface area contributed by atoms with Gasteiger partial charge in [0.2, 0.25) is 0 Å². The summed E-state index contributed by atoms with van der Waals surface area (Å²) in [5.41, 5.74) is 1.27. The molecule has 28 heavy (non-hydrogen) atoms. The lowest BCUT2D eigenvalue weighted by atomic mass is 9.85. The van der Waals surface area contributed by atoms with Crippen molar-refractivity contribution in [3.63, 3.8) is 0 Å². The van der Waals surface area contributed by atoms with Crippen molar-refractivity contribution in [3.05, 3.63) is 45.0 Å². The SMILES string of the molecule is Cc1csc(Sc2ccc(C(=O)N3C(C)CC4CCCCC43)cc2[N+](=O)[O-])n1. The van der Waals surface area contributed by atoms with Gasteiger partial charge in [0, 0.05) is 34.8 Å². The number of hydrogen-bond donors (Lipinski definition) is 0. The number of nitrogens with zero attached hydrogens (tertiary/aromatic N) is 3. The minimum Gasteiger partial charge on any atom is -0.333 e. The molecule has 3 atom stereocenters. The first-order valence-corrected chi connectivity index (χ1v) is 11.3. The van der Waals surface area contributed by atoms with Crippen LogP contribution in [0.3, 0.4) is 0 Å². The van der Waals surface area contributed by atoms with Crippen LogP contribution in [0.15, 0.2) is 32.8 Å². The number of aryl methyl sites for hydroxylation is 1. The van der Waals surface area contributed by atoms with Gasteiger partial charge in [-0.2, -0.15) is 0 Å². The highest BCUT2D eigenvalue weighted by Gasteiger charge is 2.42. The van der Waals surface area contributed by atoms with Gasteiger partial charge in [-0.3, -0.25) is 14.9 Å². The number of thiazole rings is 1. The van der Waals surface area contributed by atoms with Crippen molar-refractivity contribution in [2.45, 2.75) is 67.3 Å². The van der Waals surface area contributed by atoms with Gasteiger partial charge in [-0.15, -0.1) is 11.3 Å². The van der Waals surface area contributed by atoms with Crippen molar-refractivity contribution >= 4 is 34.7 Å². The van der Waals surface area contributed by atoms with Crippen LogP contribution in [-0.4, -0.2) is 32.8 Å². The van der Waals surface area contributed by atoms with Crippen LogP contribution in [0.1, 0.15) is 55.1 Å². The smallest absolute Gasteiger partial charge is 0.284 e. The Kier molecular flexibility index (Phi) is 5.42. The van der Waals surface area contributed by atoms with Crippen LogP contribution < -0.4 is 0 Å². The van der Waals surface area contributed by atoms with E-state index in [1.165, 1.54) is 42.0 Å². The summed E-state index contributed by atoms with van der Waals surface area (Å²) in [5, 5.41) is 13.6. The summed E-state index contributed by atoms with van der Waals surface area (Å²) in [6.07, 6.45) is 5.65. The predicted octanol–water partition coefficient (Wildman–Crippen LogP) is 5.30. The quantitative estimate of drug-likeness (QED) is 0.498. The normalized spacial score (nSPS) is 24.2. The predicted molar refractivity (Wildman–Crippen MR) is 110 cm³/mol. The monoisotopic (exact) mass is 417 g/mol. The summed E-state index contributed by atoms with van der Waals surface area (Å²) < 4.78 is 0.762. The maximum absolute atomic E-state index is 13.2. The van der Waals surface area contributed by atoms with Gasteiger partial charge in [-0.05, 0) is 51.2 Å². The molecule has 1 aliphatic carbocycles. The molecule has 3 unspecified atom stereocenters. The average Bonchev–Trinajstić information content (AvgIpc) is 3.23. The molecule has 8 heteroatoms. The highest BCUT2D eigenvalue weighted by atomic mass is 32.2. The molecule has 1 aromatic heterocycles. The van der Waals surface area contributed by atoms with Gasteiger partial charge in [-0.25, -0.2) is 4.98 Å². The number of rotatable bonds is 4. The first-order valence-electron chi connectivity index (χ1n) is 9.65. The van der Waals surface area contributed by atoms with Crippen molar-refractivity contribution in [2.24, 2.45) is 5.92 Å². The Balaban J connectivity index is 1.61. The number of likely N-dealkylation sites (tertiary alicyclic amines) is 1. The Bertz CT molecular complexity index is 914. The molecule has 6 nitrogen and oxygen atoms in total. The topological polar surface area (TPSA) is 76.3 Å². The van der Waals surface area contributed by atoms with Gasteiger partial charge in [0.15, 0.2) is 4.34 Å². The van der Waals surface area contributed by atoms with Gasteiger partial charge in [0.05, 0.1) is 9.82 Å². The van der Waals surface area contributed by atoms with Crippen LogP contribution in [0, 0.1) is 23.0 Å². The third-order valence-corrected chi connectivity index (χ3v) is 7.90. The molecule has 2 aromatic rings. The maximum Gasteiger partial charge on any atom is 0.284 e. The zero-order valence-electron chi connectivity index (χ0n) is 16.0. The van der Waals surface area contributed by atoms with Crippen molar-refractivity contribution < 1.29 is 9.72 Å². The van der Waals surface area contributed by atoms with E-state index in [-0.39, 0.29) is 23.7 Å². The number of nitro groups is 1. The molecule has 148 valence electrons. The third kappa shape index (κ3) is 3.67. The number of carbonyl (C=O) groups excluding carboxylic acids is 1. The molecule has 2 aliphatic rings. The van der Waals surface area contributed by atoms with Crippen LogP contribution >= 0.6 is 23.1 Å². The second kappa shape index (κ2) is 7.83. The Hall–Kier alpha value is -1.93. The first-order chi connectivity index (χ1) is 13.4. The molecule has 1 aromatic carbocycles. The summed E-state index contributed by atoms with van der Waals surface area (Å²) in [6.45, 7) is 3.99. The zero-order valence-corrected chi connectivity index (χ0v) is 17.6. The highest BCUT2D eigenvalue weighted by molar-refractivity contribution is 8.01. The summed E-state index contributed by atoms with van der Waals surface area (Å²) in [6, 6.07) is 5.32. The molecule has 1 saturated carbocycles. The number of hydrogen-bond acceptors (Lipinski definition) is 6. The average molecular weight is 418 g/mol. The molecule has 2 heterocycles. The van der Waals surface area contributed by atoms with E-state index in [1.54, 1.807) is 12.1 Å².